The van der Waals surface area contributed by atoms with Crippen LogP contribution in [-0.2, 0) is 4.84 Å². The summed E-state index contributed by atoms with van der Waals surface area (Å²) >= 11 is 11.9. The van der Waals surface area contributed by atoms with Crippen molar-refractivity contribution in [2.75, 3.05) is 13.7 Å². The molecule has 114 valence electrons. The van der Waals surface area contributed by atoms with E-state index >= 15 is 0 Å². The molecule has 0 aromatic heterocycles. The minimum absolute atomic E-state index is 0.176. The second kappa shape index (κ2) is 6.54. The number of ether oxygens (including phenoxy) is 1. The Bertz CT molecular complexity index is 556. The van der Waals surface area contributed by atoms with Crippen LogP contribution in [0.5, 0.6) is 5.75 Å². The number of nitrogens with zero attached hydrogens (tertiary/aromatic N) is 2. The van der Waals surface area contributed by atoms with E-state index in [2.05, 4.69) is 10.3 Å². The van der Waals surface area contributed by atoms with Crippen LogP contribution in [0.4, 0.5) is 0 Å². The molecule has 0 spiro atoms. The quantitative estimate of drug-likeness (QED) is 0.376. The summed E-state index contributed by atoms with van der Waals surface area (Å²) in [5.41, 5.74) is 1.57. The maximum Gasteiger partial charge on any atom is 0.134 e. The summed E-state index contributed by atoms with van der Waals surface area (Å²) in [5.74, 6) is 0.889. The molecule has 1 atom stereocenters. The fourth-order valence-corrected chi connectivity index (χ4v) is 2.32. The summed E-state index contributed by atoms with van der Waals surface area (Å²) in [4.78, 5) is 4.76. The molecule has 0 aliphatic heterocycles. The molecule has 0 radical (unpaired) electrons. The maximum absolute atomic E-state index is 8.85. The van der Waals surface area contributed by atoms with Crippen LogP contribution in [0.3, 0.4) is 0 Å². The van der Waals surface area contributed by atoms with Crippen molar-refractivity contribution in [1.82, 2.24) is 0 Å². The van der Waals surface area contributed by atoms with Gasteiger partial charge in [-0.1, -0.05) is 10.3 Å². The number of hydrogen-bond acceptors (Lipinski definition) is 5. The van der Waals surface area contributed by atoms with Gasteiger partial charge in [0.2, 0.25) is 0 Å². The van der Waals surface area contributed by atoms with Crippen molar-refractivity contribution >= 4 is 34.6 Å². The van der Waals surface area contributed by atoms with Crippen molar-refractivity contribution in [2.24, 2.45) is 16.2 Å². The minimum Gasteiger partial charge on any atom is -0.493 e. The fraction of sp³-hybridized carbons (Fsp3) is 0.429. The number of alkyl halides is 2. The zero-order valence-corrected chi connectivity index (χ0v) is 13.2. The Balaban J connectivity index is 2.02. The van der Waals surface area contributed by atoms with Crippen LogP contribution < -0.4 is 4.74 Å². The Hall–Kier alpha value is -1.46. The summed E-state index contributed by atoms with van der Waals surface area (Å²) in [5, 5.41) is 15.8. The summed E-state index contributed by atoms with van der Waals surface area (Å²) < 4.78 is 5.00. The van der Waals surface area contributed by atoms with Crippen LogP contribution in [0, 0.1) is 5.92 Å². The smallest absolute Gasteiger partial charge is 0.134 e. The highest BCUT2D eigenvalue weighted by atomic mass is 35.5. The molecule has 1 aliphatic carbocycles. The zero-order chi connectivity index (χ0) is 15.5. The summed E-state index contributed by atoms with van der Waals surface area (Å²) in [6, 6.07) is 7.22. The van der Waals surface area contributed by atoms with Crippen LogP contribution >= 0.6 is 23.2 Å². The Morgan fingerprint density at radius 2 is 2.00 bits per heavy atom. The molecule has 2 rings (SSSR count). The predicted octanol–water partition coefficient (Wildman–Crippen LogP) is 3.46. The van der Waals surface area contributed by atoms with Crippen LogP contribution in [0.25, 0.3) is 0 Å². The minimum atomic E-state index is -0.632. The molecule has 1 unspecified atom stereocenters. The zero-order valence-electron chi connectivity index (χ0n) is 11.7. The fourth-order valence-electron chi connectivity index (χ4n) is 1.82. The Kier molecular flexibility index (Phi) is 4.96. The van der Waals surface area contributed by atoms with Gasteiger partial charge in [0.05, 0.1) is 6.61 Å². The molecule has 1 aromatic carbocycles. The van der Waals surface area contributed by atoms with Gasteiger partial charge < -0.3 is 14.8 Å². The summed E-state index contributed by atoms with van der Waals surface area (Å²) in [6.07, 6.45) is 0.755. The number of oxime groups is 2. The van der Waals surface area contributed by atoms with Gasteiger partial charge in [0, 0.05) is 11.5 Å². The molecule has 7 heteroatoms. The van der Waals surface area contributed by atoms with E-state index in [9.17, 15) is 0 Å². The summed E-state index contributed by atoms with van der Waals surface area (Å²) in [7, 11) is 1.43. The van der Waals surface area contributed by atoms with E-state index in [1.54, 1.807) is 19.1 Å². The lowest BCUT2D eigenvalue weighted by molar-refractivity contribution is 0.214. The molecule has 1 aromatic rings. The standard InChI is InChI=1S/C14H16Cl2N2O3/c1-9(17-19)13(18-20-2)10-3-5-12(6-4-10)21-8-11-7-14(11,15)16/h3-6,11,19H,7-8H2,1-2H3. The van der Waals surface area contributed by atoms with Crippen molar-refractivity contribution in [3.8, 4) is 5.75 Å². The highest BCUT2D eigenvalue weighted by Gasteiger charge is 2.52. The molecular formula is C14H16Cl2N2O3. The van der Waals surface area contributed by atoms with Gasteiger partial charge in [0.1, 0.15) is 28.6 Å². The number of hydrogen-bond donors (Lipinski definition) is 1. The molecule has 0 heterocycles. The third-order valence-corrected chi connectivity index (χ3v) is 4.14. The van der Waals surface area contributed by atoms with Crippen molar-refractivity contribution < 1.29 is 14.8 Å². The molecule has 5 nitrogen and oxygen atoms in total. The van der Waals surface area contributed by atoms with Crippen LogP contribution in [0.2, 0.25) is 0 Å². The lowest BCUT2D eigenvalue weighted by atomic mass is 10.1. The number of halogens is 2. The lowest BCUT2D eigenvalue weighted by Gasteiger charge is -2.08. The van der Waals surface area contributed by atoms with Gasteiger partial charge >= 0.3 is 0 Å². The van der Waals surface area contributed by atoms with Gasteiger partial charge in [-0.3, -0.25) is 0 Å². The van der Waals surface area contributed by atoms with E-state index in [1.807, 2.05) is 12.1 Å². The molecule has 21 heavy (non-hydrogen) atoms. The molecular weight excluding hydrogens is 315 g/mol. The monoisotopic (exact) mass is 330 g/mol. The SMILES string of the molecule is CON=C(C(C)=NO)c1ccc(OCC2CC2(Cl)Cl)cc1. The average molecular weight is 331 g/mol. The average Bonchev–Trinajstić information content (AvgIpc) is 3.10. The highest BCUT2D eigenvalue weighted by molar-refractivity contribution is 6.50. The first kappa shape index (κ1) is 15.9. The van der Waals surface area contributed by atoms with E-state index in [1.165, 1.54) is 7.11 Å². The highest BCUT2D eigenvalue weighted by Crippen LogP contribution is 2.53. The van der Waals surface area contributed by atoms with E-state index in [0.29, 0.717) is 23.8 Å². The van der Waals surface area contributed by atoms with Gasteiger partial charge in [0.25, 0.3) is 0 Å². The van der Waals surface area contributed by atoms with E-state index < -0.39 is 4.33 Å². The molecule has 1 fully saturated rings. The predicted molar refractivity (Wildman–Crippen MR) is 82.9 cm³/mol. The maximum atomic E-state index is 8.85. The Morgan fingerprint density at radius 3 is 2.48 bits per heavy atom. The summed E-state index contributed by atoms with van der Waals surface area (Å²) in [6.45, 7) is 2.12. The topological polar surface area (TPSA) is 63.4 Å². The van der Waals surface area contributed by atoms with Gasteiger partial charge in [-0.05, 0) is 37.6 Å². The Labute approximate surface area is 133 Å². The van der Waals surface area contributed by atoms with Crippen LogP contribution in [-0.4, -0.2) is 34.7 Å². The second-order valence-corrected chi connectivity index (χ2v) is 6.35. The van der Waals surface area contributed by atoms with Crippen molar-refractivity contribution in [3.63, 3.8) is 0 Å². The van der Waals surface area contributed by atoms with Gasteiger partial charge in [-0.2, -0.15) is 0 Å². The Morgan fingerprint density at radius 1 is 1.38 bits per heavy atom. The van der Waals surface area contributed by atoms with Crippen molar-refractivity contribution in [2.45, 2.75) is 17.7 Å². The molecule has 0 saturated heterocycles. The third-order valence-electron chi connectivity index (χ3n) is 3.21. The molecule has 1 aliphatic rings. The van der Waals surface area contributed by atoms with Crippen molar-refractivity contribution in [3.05, 3.63) is 29.8 Å². The van der Waals surface area contributed by atoms with Crippen LogP contribution in [0.1, 0.15) is 18.9 Å². The molecule has 0 bridgehead atoms. The van der Waals surface area contributed by atoms with Crippen molar-refractivity contribution in [1.29, 1.82) is 0 Å². The van der Waals surface area contributed by atoms with E-state index in [0.717, 1.165) is 12.0 Å². The normalized spacial score (nSPS) is 21.0. The largest absolute Gasteiger partial charge is 0.493 e. The molecule has 1 N–H and O–H groups in total. The first-order valence-electron chi connectivity index (χ1n) is 6.39. The van der Waals surface area contributed by atoms with Crippen LogP contribution in [0.15, 0.2) is 34.6 Å². The molecule has 1 saturated carbocycles. The number of benzene rings is 1. The van der Waals surface area contributed by atoms with Gasteiger partial charge in [-0.25, -0.2) is 0 Å². The van der Waals surface area contributed by atoms with Gasteiger partial charge in [-0.15, -0.1) is 23.2 Å². The first-order valence-corrected chi connectivity index (χ1v) is 7.14. The third kappa shape index (κ3) is 4.02. The van der Waals surface area contributed by atoms with Gasteiger partial charge in [0.15, 0.2) is 0 Å². The van der Waals surface area contributed by atoms with E-state index in [4.69, 9.17) is 38.0 Å². The lowest BCUT2D eigenvalue weighted by Crippen LogP contribution is -2.13. The first-order chi connectivity index (χ1) is 9.97. The van der Waals surface area contributed by atoms with E-state index in [-0.39, 0.29) is 5.92 Å². The second-order valence-electron chi connectivity index (χ2n) is 4.81. The molecule has 0 amide bonds. The number of rotatable bonds is 6.